The summed E-state index contributed by atoms with van der Waals surface area (Å²) in [7, 11) is 0. The second kappa shape index (κ2) is 14.9. The zero-order chi connectivity index (χ0) is 40.9. The second-order valence-corrected chi connectivity index (χ2v) is 16.5. The number of hydrogen-bond acceptors (Lipinski definition) is 4. The van der Waals surface area contributed by atoms with E-state index in [1.54, 1.807) is 17.4 Å². The fourth-order valence-corrected chi connectivity index (χ4v) is 10.4. The number of rotatable bonds is 9. The largest absolute Gasteiger partial charge is 0.455 e. The molecule has 0 atom stereocenters. The minimum absolute atomic E-state index is 0.527. The van der Waals surface area contributed by atoms with E-state index in [0.29, 0.717) is 0 Å². The van der Waals surface area contributed by atoms with Gasteiger partial charge in [-0.15, -0.1) is 11.3 Å². The van der Waals surface area contributed by atoms with Gasteiger partial charge in [-0.05, 0) is 94.4 Å². The first-order chi connectivity index (χ1) is 30.1. The van der Waals surface area contributed by atoms with Crippen LogP contribution in [0.25, 0.3) is 66.2 Å². The van der Waals surface area contributed by atoms with Gasteiger partial charge in [0.1, 0.15) is 16.4 Å². The summed E-state index contributed by atoms with van der Waals surface area (Å²) in [5.74, 6) is 0.775. The van der Waals surface area contributed by atoms with Gasteiger partial charge in [-0.25, -0.2) is 4.98 Å². The van der Waals surface area contributed by atoms with Gasteiger partial charge in [0.25, 0.3) is 0 Å². The molecule has 0 saturated carbocycles. The number of hydrogen-bond donors (Lipinski definition) is 0. The summed E-state index contributed by atoms with van der Waals surface area (Å²) in [5.41, 5.74) is 16.2. The lowest BCUT2D eigenvalue weighted by Gasteiger charge is -2.35. The maximum Gasteiger partial charge on any atom is 0.143 e. The second-order valence-electron chi connectivity index (χ2n) is 15.4. The van der Waals surface area contributed by atoms with Crippen LogP contribution in [-0.4, -0.2) is 4.98 Å². The highest BCUT2D eigenvalue weighted by Crippen LogP contribution is 2.57. The van der Waals surface area contributed by atoms with Crippen molar-refractivity contribution in [2.24, 2.45) is 0 Å². The van der Waals surface area contributed by atoms with Gasteiger partial charge in [0.15, 0.2) is 0 Å². The summed E-state index contributed by atoms with van der Waals surface area (Å²) in [6, 6.07) is 70.3. The first kappa shape index (κ1) is 36.5. The zero-order valence-corrected chi connectivity index (χ0v) is 34.4. The smallest absolute Gasteiger partial charge is 0.143 e. The molecule has 0 bridgehead atoms. The molecule has 0 saturated heterocycles. The molecular weight excluding hydrogens is 761 g/mol. The summed E-state index contributed by atoms with van der Waals surface area (Å²) in [6.45, 7) is 6.06. The third-order valence-corrected chi connectivity index (χ3v) is 13.2. The van der Waals surface area contributed by atoms with Crippen LogP contribution in [0.5, 0.6) is 0 Å². The van der Waals surface area contributed by atoms with Crippen LogP contribution in [0.2, 0.25) is 0 Å². The van der Waals surface area contributed by atoms with Crippen LogP contribution in [0, 0.1) is 0 Å². The van der Waals surface area contributed by atoms with E-state index in [0.717, 1.165) is 71.3 Å². The fraction of sp³-hybridized carbons (Fsp3) is 0.0351. The lowest BCUT2D eigenvalue weighted by Crippen LogP contribution is -2.28. The highest BCUT2D eigenvalue weighted by atomic mass is 32.1. The van der Waals surface area contributed by atoms with Crippen LogP contribution in [0.3, 0.4) is 0 Å². The normalized spacial score (nSPS) is 12.8. The molecule has 10 aromatic rings. The van der Waals surface area contributed by atoms with Crippen molar-refractivity contribution in [2.75, 3.05) is 4.90 Å². The van der Waals surface area contributed by atoms with Gasteiger partial charge >= 0.3 is 0 Å². The van der Waals surface area contributed by atoms with E-state index in [1.807, 2.05) is 19.1 Å². The van der Waals surface area contributed by atoms with E-state index < -0.39 is 5.41 Å². The average molecular weight is 801 g/mol. The highest BCUT2D eigenvalue weighted by molar-refractivity contribution is 7.21. The van der Waals surface area contributed by atoms with Gasteiger partial charge in [0.2, 0.25) is 0 Å². The Balaban J connectivity index is 1.11. The molecule has 11 rings (SSSR count). The molecule has 3 nitrogen and oxygen atoms in total. The summed E-state index contributed by atoms with van der Waals surface area (Å²) in [6.07, 6.45) is 5.93. The van der Waals surface area contributed by atoms with Crippen LogP contribution in [0.4, 0.5) is 17.1 Å². The van der Waals surface area contributed by atoms with Gasteiger partial charge < -0.3 is 9.32 Å². The number of benzene rings is 8. The topological polar surface area (TPSA) is 29.3 Å². The Morgan fingerprint density at radius 2 is 1.20 bits per heavy atom. The maximum atomic E-state index is 6.45. The highest BCUT2D eigenvalue weighted by Gasteiger charge is 2.46. The van der Waals surface area contributed by atoms with Gasteiger partial charge in [0.05, 0.1) is 15.6 Å². The van der Waals surface area contributed by atoms with Crippen LogP contribution >= 0.6 is 11.3 Å². The van der Waals surface area contributed by atoms with Crippen molar-refractivity contribution in [3.8, 4) is 32.8 Å². The molecule has 0 N–H and O–H groups in total. The third kappa shape index (κ3) is 5.90. The molecule has 0 fully saturated rings. The number of nitrogens with zero attached hydrogens (tertiary/aromatic N) is 2. The lowest BCUT2D eigenvalue weighted by atomic mass is 9.67. The van der Waals surface area contributed by atoms with Crippen molar-refractivity contribution in [3.05, 3.63) is 240 Å². The molecule has 1 aliphatic carbocycles. The van der Waals surface area contributed by atoms with Gasteiger partial charge in [-0.2, -0.15) is 0 Å². The molecule has 0 unspecified atom stereocenters. The molecule has 2 heterocycles. The van der Waals surface area contributed by atoms with E-state index in [4.69, 9.17) is 9.40 Å². The Morgan fingerprint density at radius 3 is 1.92 bits per heavy atom. The predicted octanol–water partition coefficient (Wildman–Crippen LogP) is 15.9. The Labute approximate surface area is 359 Å². The molecule has 2 aromatic heterocycles. The van der Waals surface area contributed by atoms with Gasteiger partial charge in [-0.3, -0.25) is 0 Å². The number of thiazole rings is 1. The van der Waals surface area contributed by atoms with Crippen molar-refractivity contribution >= 4 is 61.7 Å². The van der Waals surface area contributed by atoms with Crippen molar-refractivity contribution in [1.82, 2.24) is 4.98 Å². The van der Waals surface area contributed by atoms with Crippen LogP contribution in [-0.2, 0) is 5.41 Å². The summed E-state index contributed by atoms with van der Waals surface area (Å²) in [5, 5.41) is 2.08. The van der Waals surface area contributed by atoms with Gasteiger partial charge in [-0.1, -0.05) is 170 Å². The molecule has 290 valence electrons. The minimum atomic E-state index is -0.527. The average Bonchev–Trinajstić information content (AvgIpc) is 4.01. The first-order valence-electron chi connectivity index (χ1n) is 20.7. The van der Waals surface area contributed by atoms with Crippen LogP contribution in [0.15, 0.2) is 211 Å². The summed E-state index contributed by atoms with van der Waals surface area (Å²) >= 11 is 1.73. The fourth-order valence-electron chi connectivity index (χ4n) is 9.44. The number of anilines is 3. The number of fused-ring (bicyclic) bond motifs is 5. The molecule has 0 spiro atoms. The van der Waals surface area contributed by atoms with Crippen LogP contribution < -0.4 is 4.90 Å². The SMILES string of the molecule is C=Cc1oc2c(-c3ccc(N(c4ccc5c(c4)C(c4ccccc4)(c4ccccc4)c4ccccc4-5)c4ccc5sc(-c6ccccc6)nc5c4)cc3)cccc2c1/C=C\C. The van der Waals surface area contributed by atoms with Crippen molar-refractivity contribution in [2.45, 2.75) is 12.3 Å². The molecular formula is C57H40N2OS. The zero-order valence-electron chi connectivity index (χ0n) is 33.6. The van der Waals surface area contributed by atoms with E-state index in [-0.39, 0.29) is 0 Å². The summed E-state index contributed by atoms with van der Waals surface area (Å²) < 4.78 is 7.60. The monoisotopic (exact) mass is 800 g/mol. The molecule has 61 heavy (non-hydrogen) atoms. The molecule has 4 heteroatoms. The van der Waals surface area contributed by atoms with Crippen molar-refractivity contribution in [3.63, 3.8) is 0 Å². The van der Waals surface area contributed by atoms with Crippen LogP contribution in [0.1, 0.15) is 40.5 Å². The number of furan rings is 1. The predicted molar refractivity (Wildman–Crippen MR) is 257 cm³/mol. The van der Waals surface area contributed by atoms with E-state index in [1.165, 1.54) is 33.4 Å². The molecule has 1 aliphatic rings. The number of para-hydroxylation sites is 1. The third-order valence-electron chi connectivity index (χ3n) is 12.1. The van der Waals surface area contributed by atoms with E-state index in [2.05, 4.69) is 206 Å². The molecule has 0 radical (unpaired) electrons. The quantitative estimate of drug-likeness (QED) is 0.146. The lowest BCUT2D eigenvalue weighted by molar-refractivity contribution is 0.604. The molecule has 0 amide bonds. The van der Waals surface area contributed by atoms with Crippen molar-refractivity contribution < 1.29 is 4.42 Å². The maximum absolute atomic E-state index is 6.45. The first-order valence-corrected chi connectivity index (χ1v) is 21.5. The minimum Gasteiger partial charge on any atom is -0.455 e. The Hall–Kier alpha value is -7.53. The Bertz CT molecular complexity index is 3230. The number of allylic oxidation sites excluding steroid dienone is 1. The van der Waals surface area contributed by atoms with E-state index in [9.17, 15) is 0 Å². The Kier molecular flexibility index (Phi) is 8.95. The van der Waals surface area contributed by atoms with Crippen molar-refractivity contribution in [1.29, 1.82) is 0 Å². The van der Waals surface area contributed by atoms with Gasteiger partial charge in [0, 0.05) is 39.1 Å². The number of aromatic nitrogens is 1. The molecule has 0 aliphatic heterocycles. The molecule has 8 aromatic carbocycles. The Morgan fingerprint density at radius 1 is 0.574 bits per heavy atom. The standard InChI is InChI=1S/C57H40N2OS/c1-3-17-48-49-26-16-25-45(55(49)60-53(48)4-2)38-28-30-42(31-29-38)59(44-33-35-54-52(37-44)58-56(61-54)39-18-8-5-9-19-39)43-32-34-47-46-24-14-15-27-50(46)57(51(47)36-43,40-20-10-6-11-21-40)41-22-12-7-13-23-41/h3-37H,2H2,1H3/b17-3-. The van der Waals surface area contributed by atoms with E-state index >= 15 is 0 Å². The summed E-state index contributed by atoms with van der Waals surface area (Å²) in [4.78, 5) is 7.56.